The first-order valence-electron chi connectivity index (χ1n) is 20.0. The van der Waals surface area contributed by atoms with Crippen LogP contribution in [-0.2, 0) is 28.6 Å². The molecule has 0 rings (SSSR count). The number of hydrogen-bond acceptors (Lipinski definition) is 6. The average Bonchev–Trinajstić information content (AvgIpc) is 3.12. The van der Waals surface area contributed by atoms with Gasteiger partial charge in [-0.3, -0.25) is 9.59 Å². The van der Waals surface area contributed by atoms with Crippen molar-refractivity contribution in [2.45, 2.75) is 122 Å². The van der Waals surface area contributed by atoms with Crippen LogP contribution >= 0.6 is 0 Å². The number of carboxylic acid groups (broad SMARTS) is 1. The van der Waals surface area contributed by atoms with Crippen molar-refractivity contribution in [3.63, 3.8) is 0 Å². The molecule has 0 aromatic rings. The van der Waals surface area contributed by atoms with Gasteiger partial charge in [-0.15, -0.1) is 0 Å². The summed E-state index contributed by atoms with van der Waals surface area (Å²) in [5.41, 5.74) is 0. The van der Waals surface area contributed by atoms with Crippen LogP contribution in [0, 0.1) is 0 Å². The molecule has 0 bridgehead atoms. The molecule has 8 nitrogen and oxygen atoms in total. The van der Waals surface area contributed by atoms with E-state index in [9.17, 15) is 19.5 Å². The average molecular weight is 751 g/mol. The Kier molecular flexibility index (Phi) is 33.3. The zero-order valence-corrected chi connectivity index (χ0v) is 34.1. The summed E-state index contributed by atoms with van der Waals surface area (Å²) in [6, 6.07) is -0.633. The maximum absolute atomic E-state index is 12.7. The van der Waals surface area contributed by atoms with Crippen molar-refractivity contribution < 1.29 is 38.2 Å². The minimum atomic E-state index is -0.893. The lowest BCUT2D eigenvalue weighted by Crippen LogP contribution is -2.50. The van der Waals surface area contributed by atoms with E-state index in [2.05, 4.69) is 44.2 Å². The largest absolute Gasteiger partial charge is 0.477 e. The molecule has 302 valence electrons. The molecule has 0 spiro atoms. The summed E-state index contributed by atoms with van der Waals surface area (Å²) in [6.45, 7) is 4.34. The normalized spacial score (nSPS) is 14.2. The summed E-state index contributed by atoms with van der Waals surface area (Å²) in [7, 11) is 5.48. The number of quaternary nitrogens is 1. The monoisotopic (exact) mass is 751 g/mol. The van der Waals surface area contributed by atoms with Crippen LogP contribution in [0.15, 0.2) is 109 Å². The molecule has 0 saturated heterocycles. The topological polar surface area (TPSA) is 99.1 Å². The van der Waals surface area contributed by atoms with E-state index in [1.165, 1.54) is 0 Å². The van der Waals surface area contributed by atoms with E-state index >= 15 is 0 Å². The third-order valence-electron chi connectivity index (χ3n) is 8.14. The summed E-state index contributed by atoms with van der Waals surface area (Å²) in [5, 5.41) is 9.60. The highest BCUT2D eigenvalue weighted by molar-refractivity contribution is 5.72. The number of likely N-dealkylation sites (N-methyl/N-ethyl adjacent to an activating group) is 1. The molecule has 2 atom stereocenters. The summed E-state index contributed by atoms with van der Waals surface area (Å²) in [4.78, 5) is 36.9. The number of esters is 2. The summed E-state index contributed by atoms with van der Waals surface area (Å²) in [5.74, 6) is -1.57. The van der Waals surface area contributed by atoms with Gasteiger partial charge >= 0.3 is 17.9 Å². The van der Waals surface area contributed by atoms with Crippen LogP contribution < -0.4 is 0 Å². The van der Waals surface area contributed by atoms with Crippen molar-refractivity contribution in [2.24, 2.45) is 0 Å². The molecule has 0 radical (unpaired) electrons. The third-order valence-corrected chi connectivity index (χ3v) is 8.14. The van der Waals surface area contributed by atoms with Crippen LogP contribution in [0.5, 0.6) is 0 Å². The highest BCUT2D eigenvalue weighted by atomic mass is 16.6. The van der Waals surface area contributed by atoms with Gasteiger partial charge in [0.15, 0.2) is 12.1 Å². The highest BCUT2D eigenvalue weighted by Crippen LogP contribution is 2.12. The van der Waals surface area contributed by atoms with E-state index in [1.807, 2.05) is 100 Å². The number of carbonyl (C=O) groups is 3. The Morgan fingerprint density at radius 2 is 0.981 bits per heavy atom. The number of ether oxygens (including phenoxy) is 3. The summed E-state index contributed by atoms with van der Waals surface area (Å²) >= 11 is 0. The Morgan fingerprint density at radius 1 is 0.556 bits per heavy atom. The molecule has 0 aromatic carbocycles. The zero-order chi connectivity index (χ0) is 40.0. The standard InChI is InChI=1S/C46H71NO7/c1-6-8-10-12-14-16-18-20-22-24-26-28-30-32-34-36-44(48)53-41-42(40-52-39-38-43(46(50)51)47(3,4)5)54-45(49)37-35-33-31-29-27-25-23-21-19-17-15-13-11-9-7-2/h8-24,26,42-43H,6-7,25,27-41H2,1-5H3/p+1/b10-8+,11-9+,14-12+,15-13+,18-16+,19-17+,22-20+,23-21+,26-24+. The number of allylic oxidation sites excluding steroid dienone is 18. The number of unbranched alkanes of at least 4 members (excludes halogenated alkanes) is 8. The molecule has 2 unspecified atom stereocenters. The van der Waals surface area contributed by atoms with Gasteiger partial charge in [0.25, 0.3) is 0 Å². The van der Waals surface area contributed by atoms with E-state index in [4.69, 9.17) is 14.2 Å². The molecule has 0 aliphatic rings. The Morgan fingerprint density at radius 3 is 1.46 bits per heavy atom. The minimum absolute atomic E-state index is 0.0287. The molecule has 8 heteroatoms. The second-order valence-electron chi connectivity index (χ2n) is 14.0. The third kappa shape index (κ3) is 33.8. The van der Waals surface area contributed by atoms with E-state index in [1.54, 1.807) is 0 Å². The Labute approximate surface area is 328 Å². The van der Waals surface area contributed by atoms with Gasteiger partial charge in [-0.2, -0.15) is 0 Å². The predicted molar refractivity (Wildman–Crippen MR) is 224 cm³/mol. The molecule has 0 amide bonds. The molecule has 1 N–H and O–H groups in total. The van der Waals surface area contributed by atoms with Gasteiger partial charge in [0.2, 0.25) is 0 Å². The minimum Gasteiger partial charge on any atom is -0.477 e. The molecule has 54 heavy (non-hydrogen) atoms. The second-order valence-corrected chi connectivity index (χ2v) is 14.0. The number of rotatable bonds is 33. The van der Waals surface area contributed by atoms with Gasteiger partial charge in [0, 0.05) is 19.3 Å². The second kappa shape index (κ2) is 36.0. The highest BCUT2D eigenvalue weighted by Gasteiger charge is 2.31. The fourth-order valence-corrected chi connectivity index (χ4v) is 5.06. The lowest BCUT2D eigenvalue weighted by molar-refractivity contribution is -0.887. The Bertz CT molecular complexity index is 1240. The Hall–Kier alpha value is -4.01. The van der Waals surface area contributed by atoms with Gasteiger partial charge < -0.3 is 23.8 Å². The molecule has 0 aliphatic heterocycles. The molecular weight excluding hydrogens is 679 g/mol. The molecule has 0 saturated carbocycles. The summed E-state index contributed by atoms with van der Waals surface area (Å²) in [6.07, 6.45) is 48.4. The summed E-state index contributed by atoms with van der Waals surface area (Å²) < 4.78 is 17.2. The Balaban J connectivity index is 4.56. The van der Waals surface area contributed by atoms with Crippen LogP contribution in [0.1, 0.15) is 110 Å². The van der Waals surface area contributed by atoms with E-state index in [0.717, 1.165) is 77.0 Å². The van der Waals surface area contributed by atoms with Crippen LogP contribution in [0.3, 0.4) is 0 Å². The lowest BCUT2D eigenvalue weighted by Gasteiger charge is -2.31. The maximum atomic E-state index is 12.7. The van der Waals surface area contributed by atoms with Crippen LogP contribution in [0.4, 0.5) is 0 Å². The van der Waals surface area contributed by atoms with E-state index in [-0.39, 0.29) is 42.7 Å². The van der Waals surface area contributed by atoms with Crippen LogP contribution in [0.25, 0.3) is 0 Å². The predicted octanol–water partition coefficient (Wildman–Crippen LogP) is 10.5. The van der Waals surface area contributed by atoms with Crippen molar-refractivity contribution in [3.05, 3.63) is 109 Å². The first kappa shape index (κ1) is 50.0. The van der Waals surface area contributed by atoms with Crippen molar-refractivity contribution in [2.75, 3.05) is 41.0 Å². The van der Waals surface area contributed by atoms with Gasteiger partial charge in [-0.05, 0) is 51.4 Å². The number of hydrogen-bond donors (Lipinski definition) is 1. The molecule has 0 aliphatic carbocycles. The van der Waals surface area contributed by atoms with Gasteiger partial charge in [0.1, 0.15) is 6.61 Å². The molecular formula is C46H72NO7+. The molecule has 0 fully saturated rings. The fraction of sp³-hybridized carbons (Fsp3) is 0.543. The van der Waals surface area contributed by atoms with Crippen LogP contribution in [-0.4, -0.2) is 80.6 Å². The zero-order valence-electron chi connectivity index (χ0n) is 34.1. The fourth-order valence-electron chi connectivity index (χ4n) is 5.06. The maximum Gasteiger partial charge on any atom is 0.362 e. The smallest absolute Gasteiger partial charge is 0.362 e. The van der Waals surface area contributed by atoms with Gasteiger partial charge in [0.05, 0.1) is 34.4 Å². The number of nitrogens with zero attached hydrogens (tertiary/aromatic N) is 1. The van der Waals surface area contributed by atoms with Gasteiger partial charge in [-0.1, -0.05) is 149 Å². The quantitative estimate of drug-likeness (QED) is 0.0309. The lowest BCUT2D eigenvalue weighted by atomic mass is 10.1. The molecule has 0 aromatic heterocycles. The van der Waals surface area contributed by atoms with E-state index in [0.29, 0.717) is 12.8 Å². The van der Waals surface area contributed by atoms with Crippen LogP contribution in [0.2, 0.25) is 0 Å². The van der Waals surface area contributed by atoms with Crippen molar-refractivity contribution in [3.8, 4) is 0 Å². The van der Waals surface area contributed by atoms with Crippen molar-refractivity contribution in [1.29, 1.82) is 0 Å². The SMILES string of the molecule is CC/C=C/C=C/C=C/C=C/C=C/CCCCCC(=O)OCC(COCCC(C(=O)O)[N+](C)(C)C)OC(=O)CCCCCCC/C=C/C=C/C=C/C=C/CC. The van der Waals surface area contributed by atoms with Crippen molar-refractivity contribution >= 4 is 17.9 Å². The van der Waals surface area contributed by atoms with Gasteiger partial charge in [-0.25, -0.2) is 4.79 Å². The number of carboxylic acids is 1. The number of carbonyl (C=O) groups excluding carboxylic acids is 2. The van der Waals surface area contributed by atoms with E-state index < -0.39 is 18.1 Å². The number of aliphatic carboxylic acids is 1. The first-order chi connectivity index (χ1) is 26.1. The van der Waals surface area contributed by atoms with Crippen molar-refractivity contribution in [1.82, 2.24) is 0 Å². The first-order valence-corrected chi connectivity index (χ1v) is 20.0. The molecule has 0 heterocycles.